The minimum absolute atomic E-state index is 0.241. The molecule has 2 aromatic carbocycles. The molecule has 0 aliphatic rings. The fourth-order valence-corrected chi connectivity index (χ4v) is 2.29. The van der Waals surface area contributed by atoms with E-state index < -0.39 is 0 Å². The largest absolute Gasteiger partial charge is 0.489 e. The van der Waals surface area contributed by atoms with Crippen molar-refractivity contribution in [1.29, 1.82) is 0 Å². The van der Waals surface area contributed by atoms with E-state index in [0.717, 1.165) is 11.1 Å². The Morgan fingerprint density at radius 1 is 1.11 bits per heavy atom. The van der Waals surface area contributed by atoms with E-state index in [1.807, 2.05) is 0 Å². The molecule has 0 atom stereocenters. The Balaban J connectivity index is 2.14. The van der Waals surface area contributed by atoms with Crippen LogP contribution in [0.4, 0.5) is 4.39 Å². The van der Waals surface area contributed by atoms with Crippen LogP contribution in [0.3, 0.4) is 0 Å². The van der Waals surface area contributed by atoms with Gasteiger partial charge in [-0.3, -0.25) is 0 Å². The quantitative estimate of drug-likeness (QED) is 0.642. The van der Waals surface area contributed by atoms with Crippen LogP contribution >= 0.6 is 39.1 Å². The summed E-state index contributed by atoms with van der Waals surface area (Å²) >= 11 is 15.2. The molecule has 0 unspecified atom stereocenters. The molecular weight excluding hydrogens is 354 g/mol. The van der Waals surface area contributed by atoms with Crippen molar-refractivity contribution in [2.45, 2.75) is 11.9 Å². The van der Waals surface area contributed by atoms with Crippen molar-refractivity contribution >= 4 is 39.1 Å². The van der Waals surface area contributed by atoms with Crippen molar-refractivity contribution in [1.82, 2.24) is 0 Å². The molecule has 0 N–H and O–H groups in total. The van der Waals surface area contributed by atoms with Gasteiger partial charge in [0, 0.05) is 27.0 Å². The van der Waals surface area contributed by atoms with Crippen LogP contribution in [0.15, 0.2) is 36.4 Å². The number of benzene rings is 2. The summed E-state index contributed by atoms with van der Waals surface area (Å²) in [4.78, 5) is 0. The lowest BCUT2D eigenvalue weighted by atomic mass is 10.2. The molecule has 19 heavy (non-hydrogen) atoms. The lowest BCUT2D eigenvalue weighted by Gasteiger charge is -2.09. The van der Waals surface area contributed by atoms with E-state index in [1.165, 1.54) is 12.1 Å². The SMILES string of the molecule is Fc1cc(CBr)cc(OCc2cc(Cl)ccc2Cl)c1. The van der Waals surface area contributed by atoms with Crippen molar-refractivity contribution < 1.29 is 9.13 Å². The van der Waals surface area contributed by atoms with E-state index in [2.05, 4.69) is 15.9 Å². The zero-order valence-electron chi connectivity index (χ0n) is 9.80. The zero-order valence-corrected chi connectivity index (χ0v) is 12.9. The lowest BCUT2D eigenvalue weighted by Crippen LogP contribution is -1.97. The highest BCUT2D eigenvalue weighted by Crippen LogP contribution is 2.24. The van der Waals surface area contributed by atoms with E-state index in [0.29, 0.717) is 21.1 Å². The lowest BCUT2D eigenvalue weighted by molar-refractivity contribution is 0.304. The number of hydrogen-bond acceptors (Lipinski definition) is 1. The van der Waals surface area contributed by atoms with Gasteiger partial charge in [0.1, 0.15) is 18.2 Å². The molecule has 0 saturated carbocycles. The molecule has 1 nitrogen and oxygen atoms in total. The van der Waals surface area contributed by atoms with Gasteiger partial charge in [-0.1, -0.05) is 39.1 Å². The summed E-state index contributed by atoms with van der Waals surface area (Å²) in [6, 6.07) is 9.71. The highest BCUT2D eigenvalue weighted by molar-refractivity contribution is 9.08. The third-order valence-electron chi connectivity index (χ3n) is 2.49. The van der Waals surface area contributed by atoms with Gasteiger partial charge in [0.15, 0.2) is 0 Å². The average molecular weight is 364 g/mol. The fraction of sp³-hybridized carbons (Fsp3) is 0.143. The second-order valence-electron chi connectivity index (χ2n) is 3.95. The molecule has 0 aliphatic heterocycles. The van der Waals surface area contributed by atoms with E-state index in [4.69, 9.17) is 27.9 Å². The summed E-state index contributed by atoms with van der Waals surface area (Å²) in [6.07, 6.45) is 0. The van der Waals surface area contributed by atoms with Crippen LogP contribution in [0.2, 0.25) is 10.0 Å². The van der Waals surface area contributed by atoms with E-state index in [-0.39, 0.29) is 12.4 Å². The molecule has 0 saturated heterocycles. The van der Waals surface area contributed by atoms with Gasteiger partial charge in [0.05, 0.1) is 0 Å². The normalized spacial score (nSPS) is 10.5. The Morgan fingerprint density at radius 2 is 1.89 bits per heavy atom. The van der Waals surface area contributed by atoms with Crippen molar-refractivity contribution in [2.75, 3.05) is 0 Å². The van der Waals surface area contributed by atoms with Crippen LogP contribution < -0.4 is 4.74 Å². The fourth-order valence-electron chi connectivity index (χ4n) is 1.60. The first-order valence-corrected chi connectivity index (χ1v) is 7.38. The number of rotatable bonds is 4. The third-order valence-corrected chi connectivity index (χ3v) is 3.74. The van der Waals surface area contributed by atoms with Gasteiger partial charge in [-0.15, -0.1) is 0 Å². The predicted octanol–water partition coefficient (Wildman–Crippen LogP) is 5.61. The summed E-state index contributed by atoms with van der Waals surface area (Å²) in [7, 11) is 0. The summed E-state index contributed by atoms with van der Waals surface area (Å²) < 4.78 is 18.9. The van der Waals surface area contributed by atoms with E-state index in [1.54, 1.807) is 24.3 Å². The van der Waals surface area contributed by atoms with Crippen molar-refractivity contribution in [3.63, 3.8) is 0 Å². The molecule has 0 radical (unpaired) electrons. The van der Waals surface area contributed by atoms with Gasteiger partial charge in [-0.05, 0) is 35.9 Å². The Kier molecular flexibility index (Phi) is 5.08. The zero-order chi connectivity index (χ0) is 13.8. The minimum Gasteiger partial charge on any atom is -0.489 e. The first-order valence-electron chi connectivity index (χ1n) is 5.50. The number of hydrogen-bond donors (Lipinski definition) is 0. The number of ether oxygens (including phenoxy) is 1. The van der Waals surface area contributed by atoms with Crippen LogP contribution in [-0.2, 0) is 11.9 Å². The Hall–Kier alpha value is -0.770. The van der Waals surface area contributed by atoms with Gasteiger partial charge < -0.3 is 4.74 Å². The van der Waals surface area contributed by atoms with Gasteiger partial charge in [-0.2, -0.15) is 0 Å². The first-order chi connectivity index (χ1) is 9.08. The summed E-state index contributed by atoms with van der Waals surface area (Å²) in [5.74, 6) is 0.134. The molecular formula is C14H10BrCl2FO. The average Bonchev–Trinajstić information content (AvgIpc) is 2.39. The van der Waals surface area contributed by atoms with Crippen LogP contribution in [0.5, 0.6) is 5.75 Å². The molecule has 0 fully saturated rings. The number of alkyl halides is 1. The molecule has 0 heterocycles. The summed E-state index contributed by atoms with van der Waals surface area (Å²) in [5, 5.41) is 1.73. The Bertz CT molecular complexity index is 590. The van der Waals surface area contributed by atoms with Gasteiger partial charge in [0.25, 0.3) is 0 Å². The highest BCUT2D eigenvalue weighted by atomic mass is 79.9. The standard InChI is InChI=1S/C14H10BrCl2FO/c15-7-9-3-12(18)6-13(4-9)19-8-10-5-11(16)1-2-14(10)17/h1-6H,7-8H2. The van der Waals surface area contributed by atoms with Gasteiger partial charge in [0.2, 0.25) is 0 Å². The van der Waals surface area contributed by atoms with Crippen LogP contribution in [0.25, 0.3) is 0 Å². The molecule has 0 spiro atoms. The molecule has 0 aliphatic carbocycles. The van der Waals surface area contributed by atoms with Crippen molar-refractivity contribution in [3.05, 3.63) is 63.4 Å². The summed E-state index contributed by atoms with van der Waals surface area (Å²) in [6.45, 7) is 0.241. The minimum atomic E-state index is -0.329. The van der Waals surface area contributed by atoms with E-state index >= 15 is 0 Å². The summed E-state index contributed by atoms with van der Waals surface area (Å²) in [5.41, 5.74) is 1.58. The maximum Gasteiger partial charge on any atom is 0.127 e. The number of halogens is 4. The molecule has 100 valence electrons. The first kappa shape index (κ1) is 14.6. The second-order valence-corrected chi connectivity index (χ2v) is 5.36. The van der Waals surface area contributed by atoms with Gasteiger partial charge >= 0.3 is 0 Å². The van der Waals surface area contributed by atoms with Crippen molar-refractivity contribution in [3.8, 4) is 5.75 Å². The van der Waals surface area contributed by atoms with E-state index in [9.17, 15) is 4.39 Å². The topological polar surface area (TPSA) is 9.23 Å². The van der Waals surface area contributed by atoms with Crippen molar-refractivity contribution in [2.24, 2.45) is 0 Å². The molecule has 0 aromatic heterocycles. The molecule has 5 heteroatoms. The second kappa shape index (κ2) is 6.60. The molecule has 2 rings (SSSR count). The molecule has 0 bridgehead atoms. The molecule has 0 amide bonds. The van der Waals surface area contributed by atoms with Crippen LogP contribution in [-0.4, -0.2) is 0 Å². The maximum absolute atomic E-state index is 13.3. The smallest absolute Gasteiger partial charge is 0.127 e. The highest BCUT2D eigenvalue weighted by Gasteiger charge is 2.05. The molecule has 2 aromatic rings. The predicted molar refractivity (Wildman–Crippen MR) is 79.8 cm³/mol. The maximum atomic E-state index is 13.3. The monoisotopic (exact) mass is 362 g/mol. The third kappa shape index (κ3) is 4.10. The Labute approximate surface area is 129 Å². The van der Waals surface area contributed by atoms with Crippen LogP contribution in [0, 0.1) is 5.82 Å². The van der Waals surface area contributed by atoms with Gasteiger partial charge in [-0.25, -0.2) is 4.39 Å². The Morgan fingerprint density at radius 3 is 2.63 bits per heavy atom. The van der Waals surface area contributed by atoms with Crippen LogP contribution in [0.1, 0.15) is 11.1 Å².